The van der Waals surface area contributed by atoms with Gasteiger partial charge in [0.1, 0.15) is 6.04 Å². The van der Waals surface area contributed by atoms with Crippen LogP contribution in [0, 0.1) is 5.92 Å². The molecule has 1 fully saturated rings. The molecule has 0 saturated heterocycles. The van der Waals surface area contributed by atoms with Crippen LogP contribution in [0.2, 0.25) is 0 Å². The van der Waals surface area contributed by atoms with Crippen molar-refractivity contribution in [3.05, 3.63) is 29.8 Å². The molecule has 1 unspecified atom stereocenters. The third-order valence-corrected chi connectivity index (χ3v) is 4.14. The second-order valence-electron chi connectivity index (χ2n) is 5.82. The van der Waals surface area contributed by atoms with Gasteiger partial charge in [-0.3, -0.25) is 4.79 Å². The zero-order chi connectivity index (χ0) is 17.7. The van der Waals surface area contributed by atoms with Crippen LogP contribution in [-0.4, -0.2) is 31.2 Å². The first kappa shape index (κ1) is 18.1. The largest absolute Gasteiger partial charge is 0.408 e. The Labute approximate surface area is 138 Å². The Morgan fingerprint density at radius 3 is 2.21 bits per heavy atom. The zero-order valence-electron chi connectivity index (χ0n) is 13.2. The number of hydrogen-bond acceptors (Lipinski definition) is 2. The Bertz CT molecular complexity index is 581. The van der Waals surface area contributed by atoms with Crippen LogP contribution in [0.15, 0.2) is 24.3 Å². The van der Waals surface area contributed by atoms with E-state index in [4.69, 9.17) is 0 Å². The highest BCUT2D eigenvalue weighted by atomic mass is 19.4. The molecule has 3 N–H and O–H groups in total. The third kappa shape index (κ3) is 4.62. The van der Waals surface area contributed by atoms with Gasteiger partial charge in [-0.1, -0.05) is 12.8 Å². The van der Waals surface area contributed by atoms with Gasteiger partial charge in [-0.25, -0.2) is 4.79 Å². The van der Waals surface area contributed by atoms with Gasteiger partial charge in [-0.15, -0.1) is 0 Å². The molecular formula is C16H20F3N3O2. The fourth-order valence-electron chi connectivity index (χ4n) is 2.92. The number of anilines is 1. The van der Waals surface area contributed by atoms with Crippen molar-refractivity contribution in [2.75, 3.05) is 12.4 Å². The van der Waals surface area contributed by atoms with Crippen LogP contribution >= 0.6 is 0 Å². The predicted molar refractivity (Wildman–Crippen MR) is 83.8 cm³/mol. The van der Waals surface area contributed by atoms with E-state index >= 15 is 0 Å². The molecular weight excluding hydrogens is 323 g/mol. The van der Waals surface area contributed by atoms with E-state index in [9.17, 15) is 22.8 Å². The summed E-state index contributed by atoms with van der Waals surface area (Å²) in [5.74, 6) is -0.865. The van der Waals surface area contributed by atoms with Crippen LogP contribution in [0.4, 0.5) is 23.7 Å². The van der Waals surface area contributed by atoms with E-state index in [1.165, 1.54) is 31.3 Å². The van der Waals surface area contributed by atoms with Gasteiger partial charge in [0.2, 0.25) is 0 Å². The average Bonchev–Trinajstić information content (AvgIpc) is 3.05. The highest BCUT2D eigenvalue weighted by Gasteiger charge is 2.46. The van der Waals surface area contributed by atoms with Crippen LogP contribution in [0.3, 0.4) is 0 Å². The van der Waals surface area contributed by atoms with Gasteiger partial charge in [0.25, 0.3) is 5.91 Å². The van der Waals surface area contributed by atoms with E-state index in [0.29, 0.717) is 24.1 Å². The molecule has 5 nitrogen and oxygen atoms in total. The first-order valence-electron chi connectivity index (χ1n) is 7.77. The van der Waals surface area contributed by atoms with E-state index in [-0.39, 0.29) is 5.91 Å². The molecule has 0 heterocycles. The van der Waals surface area contributed by atoms with E-state index in [1.807, 2.05) is 5.32 Å². The van der Waals surface area contributed by atoms with E-state index in [1.54, 1.807) is 0 Å². The van der Waals surface area contributed by atoms with Gasteiger partial charge >= 0.3 is 12.2 Å². The maximum Gasteiger partial charge on any atom is 0.408 e. The van der Waals surface area contributed by atoms with Crippen molar-refractivity contribution in [1.29, 1.82) is 0 Å². The molecule has 0 aromatic heterocycles. The standard InChI is InChI=1S/C16H20F3N3O2/c1-20-14(23)11-6-8-12(9-7-11)21-15(24)22-13(16(17,18)19)10-4-2-3-5-10/h6-10,13H,2-5H2,1H3,(H,20,23)(H2,21,22,24). The Balaban J connectivity index is 1.99. The zero-order valence-corrected chi connectivity index (χ0v) is 13.2. The van der Waals surface area contributed by atoms with Crippen molar-refractivity contribution in [2.45, 2.75) is 37.9 Å². The molecule has 0 spiro atoms. The molecule has 24 heavy (non-hydrogen) atoms. The lowest BCUT2D eigenvalue weighted by atomic mass is 9.98. The molecule has 1 aliphatic rings. The van der Waals surface area contributed by atoms with Crippen molar-refractivity contribution < 1.29 is 22.8 Å². The number of rotatable bonds is 4. The number of hydrogen-bond donors (Lipinski definition) is 3. The number of amides is 3. The quantitative estimate of drug-likeness (QED) is 0.785. The molecule has 0 radical (unpaired) electrons. The number of carbonyl (C=O) groups excluding carboxylic acids is 2. The monoisotopic (exact) mass is 343 g/mol. The van der Waals surface area contributed by atoms with Gasteiger partial charge in [0.05, 0.1) is 0 Å². The minimum atomic E-state index is -4.48. The van der Waals surface area contributed by atoms with Gasteiger partial charge < -0.3 is 16.0 Å². The van der Waals surface area contributed by atoms with Gasteiger partial charge in [0.15, 0.2) is 0 Å². The summed E-state index contributed by atoms with van der Waals surface area (Å²) < 4.78 is 39.5. The Morgan fingerprint density at radius 2 is 1.71 bits per heavy atom. The van der Waals surface area contributed by atoms with E-state index < -0.39 is 24.2 Å². The molecule has 8 heteroatoms. The van der Waals surface area contributed by atoms with Crippen LogP contribution in [-0.2, 0) is 0 Å². The summed E-state index contributed by atoms with van der Waals surface area (Å²) >= 11 is 0. The van der Waals surface area contributed by atoms with Crippen molar-refractivity contribution in [1.82, 2.24) is 10.6 Å². The number of nitrogens with one attached hydrogen (secondary N) is 3. The highest BCUT2D eigenvalue weighted by molar-refractivity contribution is 5.95. The summed E-state index contributed by atoms with van der Waals surface area (Å²) in [5, 5.41) is 6.86. The second kappa shape index (κ2) is 7.55. The van der Waals surface area contributed by atoms with Crippen LogP contribution < -0.4 is 16.0 Å². The number of benzene rings is 1. The van der Waals surface area contributed by atoms with E-state index in [2.05, 4.69) is 10.6 Å². The summed E-state index contributed by atoms with van der Waals surface area (Å²) in [4.78, 5) is 23.3. The summed E-state index contributed by atoms with van der Waals surface area (Å²) in [5.41, 5.74) is 0.704. The molecule has 1 aromatic rings. The molecule has 1 saturated carbocycles. The molecule has 0 aliphatic heterocycles. The molecule has 2 rings (SSSR count). The summed E-state index contributed by atoms with van der Waals surface area (Å²) in [6, 6.07) is 3.13. The average molecular weight is 343 g/mol. The lowest BCUT2D eigenvalue weighted by Gasteiger charge is -2.27. The lowest BCUT2D eigenvalue weighted by molar-refractivity contribution is -0.164. The normalized spacial score (nSPS) is 16.5. The third-order valence-electron chi connectivity index (χ3n) is 4.14. The number of urea groups is 1. The molecule has 1 atom stereocenters. The Hall–Kier alpha value is -2.25. The minimum Gasteiger partial charge on any atom is -0.355 e. The molecule has 132 valence electrons. The minimum absolute atomic E-state index is 0.288. The van der Waals surface area contributed by atoms with Crippen LogP contribution in [0.25, 0.3) is 0 Å². The smallest absolute Gasteiger partial charge is 0.355 e. The van der Waals surface area contributed by atoms with Gasteiger partial charge in [-0.05, 0) is 43.0 Å². The molecule has 1 aliphatic carbocycles. The van der Waals surface area contributed by atoms with Crippen molar-refractivity contribution in [3.8, 4) is 0 Å². The topological polar surface area (TPSA) is 70.2 Å². The van der Waals surface area contributed by atoms with Crippen LogP contribution in [0.1, 0.15) is 36.0 Å². The predicted octanol–water partition coefficient (Wildman–Crippen LogP) is 3.29. The Morgan fingerprint density at radius 1 is 1.12 bits per heavy atom. The second-order valence-corrected chi connectivity index (χ2v) is 5.82. The summed E-state index contributed by atoms with van der Waals surface area (Å²) in [6.45, 7) is 0. The van der Waals surface area contributed by atoms with Crippen molar-refractivity contribution >= 4 is 17.6 Å². The first-order valence-corrected chi connectivity index (χ1v) is 7.77. The number of halogens is 3. The maximum atomic E-state index is 13.2. The SMILES string of the molecule is CNC(=O)c1ccc(NC(=O)NC(C2CCCC2)C(F)(F)F)cc1. The summed E-state index contributed by atoms with van der Waals surface area (Å²) in [6.07, 6.45) is -2.05. The molecule has 0 bridgehead atoms. The highest BCUT2D eigenvalue weighted by Crippen LogP contribution is 2.35. The number of carbonyl (C=O) groups is 2. The van der Waals surface area contributed by atoms with E-state index in [0.717, 1.165) is 12.8 Å². The molecule has 1 aromatic carbocycles. The van der Waals surface area contributed by atoms with Crippen molar-refractivity contribution in [2.24, 2.45) is 5.92 Å². The Kier molecular flexibility index (Phi) is 5.69. The lowest BCUT2D eigenvalue weighted by Crippen LogP contribution is -2.50. The van der Waals surface area contributed by atoms with Crippen LogP contribution in [0.5, 0.6) is 0 Å². The maximum absolute atomic E-state index is 13.2. The van der Waals surface area contributed by atoms with Gasteiger partial charge in [0, 0.05) is 18.3 Å². The fourth-order valence-corrected chi connectivity index (χ4v) is 2.92. The first-order chi connectivity index (χ1) is 11.3. The fraction of sp³-hybridized carbons (Fsp3) is 0.500. The molecule has 3 amide bonds. The van der Waals surface area contributed by atoms with Crippen molar-refractivity contribution in [3.63, 3.8) is 0 Å². The van der Waals surface area contributed by atoms with Gasteiger partial charge in [-0.2, -0.15) is 13.2 Å². The number of alkyl halides is 3. The summed E-state index contributed by atoms with van der Waals surface area (Å²) in [7, 11) is 1.49.